The zero-order valence-corrected chi connectivity index (χ0v) is 18.0. The van der Waals surface area contributed by atoms with Crippen LogP contribution in [0.1, 0.15) is 37.8 Å². The lowest BCUT2D eigenvalue weighted by molar-refractivity contribution is -0.158. The van der Waals surface area contributed by atoms with Gasteiger partial charge in [0, 0.05) is 29.1 Å². The molecule has 3 rings (SSSR count). The lowest BCUT2D eigenvalue weighted by atomic mass is 9.97. The molecule has 1 heterocycles. The molecular weight excluding hydrogens is 413 g/mol. The average molecular weight is 437 g/mol. The number of ether oxygens (including phenoxy) is 1. The summed E-state index contributed by atoms with van der Waals surface area (Å²) >= 11 is 0. The maximum Gasteiger partial charge on any atom is 0.329 e. The van der Waals surface area contributed by atoms with Gasteiger partial charge in [0.1, 0.15) is 23.2 Å². The Hall–Kier alpha value is -3.86. The number of benzene rings is 2. The van der Waals surface area contributed by atoms with Crippen molar-refractivity contribution in [2.24, 2.45) is 0 Å². The van der Waals surface area contributed by atoms with Crippen molar-refractivity contribution in [3.8, 4) is 11.8 Å². The van der Waals surface area contributed by atoms with E-state index in [-0.39, 0.29) is 12.2 Å². The van der Waals surface area contributed by atoms with E-state index in [1.54, 1.807) is 32.9 Å². The van der Waals surface area contributed by atoms with E-state index >= 15 is 0 Å². The van der Waals surface area contributed by atoms with Crippen LogP contribution in [0.3, 0.4) is 0 Å². The molecule has 0 saturated heterocycles. The lowest BCUT2D eigenvalue weighted by Gasteiger charge is -2.25. The number of hydrogen-bond donors (Lipinski definition) is 3. The second kappa shape index (κ2) is 9.10. The van der Waals surface area contributed by atoms with Crippen LogP contribution in [0.2, 0.25) is 0 Å². The normalized spacial score (nSPS) is 13.2. The van der Waals surface area contributed by atoms with Crippen LogP contribution in [0, 0.1) is 17.1 Å². The fourth-order valence-corrected chi connectivity index (χ4v) is 3.32. The van der Waals surface area contributed by atoms with Gasteiger partial charge in [-0.05, 0) is 56.7 Å². The standard InChI is InChI=1S/C24H24FN3O4/c1-24(2,3)32-23(31)21(10-14-4-7-16(29)8-5-14)28-22(30)18(12-26)19-13-27-20-11-15(25)6-9-17(19)20/h4-9,11,13,18,21,27,29H,10H2,1-3H3,(H,28,30)/t18?,21-/m0/s1. The topological polar surface area (TPSA) is 115 Å². The first-order chi connectivity index (χ1) is 15.1. The molecule has 7 nitrogen and oxygen atoms in total. The van der Waals surface area contributed by atoms with Crippen LogP contribution in [0.4, 0.5) is 4.39 Å². The van der Waals surface area contributed by atoms with Crippen LogP contribution in [-0.4, -0.2) is 33.6 Å². The van der Waals surface area contributed by atoms with Crippen molar-refractivity contribution in [3.05, 3.63) is 65.6 Å². The maximum atomic E-state index is 13.5. The second-order valence-corrected chi connectivity index (χ2v) is 8.46. The molecular formula is C24H24FN3O4. The van der Waals surface area contributed by atoms with Gasteiger partial charge >= 0.3 is 5.97 Å². The number of aromatic amines is 1. The summed E-state index contributed by atoms with van der Waals surface area (Å²) in [4.78, 5) is 28.7. The number of carbonyl (C=O) groups excluding carboxylic acids is 2. The first-order valence-electron chi connectivity index (χ1n) is 10.0. The Kier molecular flexibility index (Phi) is 6.49. The molecule has 2 atom stereocenters. The molecule has 1 amide bonds. The van der Waals surface area contributed by atoms with E-state index in [1.807, 2.05) is 6.07 Å². The third kappa shape index (κ3) is 5.43. The van der Waals surface area contributed by atoms with Gasteiger partial charge in [-0.3, -0.25) is 4.79 Å². The molecule has 0 saturated carbocycles. The number of amides is 1. The Balaban J connectivity index is 1.87. The summed E-state index contributed by atoms with van der Waals surface area (Å²) in [6.45, 7) is 5.15. The van der Waals surface area contributed by atoms with Crippen LogP contribution >= 0.6 is 0 Å². The van der Waals surface area contributed by atoms with Crippen LogP contribution in [0.5, 0.6) is 5.75 Å². The third-order valence-corrected chi connectivity index (χ3v) is 4.76. The largest absolute Gasteiger partial charge is 0.508 e. The van der Waals surface area contributed by atoms with Crippen molar-refractivity contribution in [2.75, 3.05) is 0 Å². The quantitative estimate of drug-likeness (QED) is 0.509. The summed E-state index contributed by atoms with van der Waals surface area (Å²) in [7, 11) is 0. The van der Waals surface area contributed by atoms with E-state index < -0.39 is 35.3 Å². The van der Waals surface area contributed by atoms with E-state index in [2.05, 4.69) is 10.3 Å². The Morgan fingerprint density at radius 2 is 1.91 bits per heavy atom. The number of aromatic hydroxyl groups is 1. The molecule has 2 aromatic carbocycles. The van der Waals surface area contributed by atoms with Crippen LogP contribution < -0.4 is 5.32 Å². The number of hydrogen-bond acceptors (Lipinski definition) is 5. The maximum absolute atomic E-state index is 13.5. The zero-order valence-electron chi connectivity index (χ0n) is 18.0. The van der Waals surface area contributed by atoms with Crippen molar-refractivity contribution < 1.29 is 23.8 Å². The molecule has 0 aliphatic carbocycles. The molecule has 166 valence electrons. The van der Waals surface area contributed by atoms with Crippen molar-refractivity contribution >= 4 is 22.8 Å². The molecule has 8 heteroatoms. The molecule has 1 unspecified atom stereocenters. The minimum atomic E-state index is -1.22. The SMILES string of the molecule is CC(C)(C)OC(=O)[C@H](Cc1ccc(O)cc1)NC(=O)C(C#N)c1c[nH]c2cc(F)ccc12. The number of aromatic nitrogens is 1. The number of H-pyrrole nitrogens is 1. The minimum absolute atomic E-state index is 0.0759. The summed E-state index contributed by atoms with van der Waals surface area (Å²) < 4.78 is 18.9. The smallest absolute Gasteiger partial charge is 0.329 e. The van der Waals surface area contributed by atoms with Crippen molar-refractivity contribution in [3.63, 3.8) is 0 Å². The molecule has 0 aliphatic rings. The molecule has 32 heavy (non-hydrogen) atoms. The molecule has 0 spiro atoms. The van der Waals surface area contributed by atoms with Crippen LogP contribution in [0.25, 0.3) is 10.9 Å². The minimum Gasteiger partial charge on any atom is -0.508 e. The molecule has 3 aromatic rings. The summed E-state index contributed by atoms with van der Waals surface area (Å²) in [5.41, 5.74) is 0.758. The summed E-state index contributed by atoms with van der Waals surface area (Å²) in [5.74, 6) is -2.90. The Morgan fingerprint density at radius 1 is 1.22 bits per heavy atom. The van der Waals surface area contributed by atoms with Crippen molar-refractivity contribution in [1.82, 2.24) is 10.3 Å². The zero-order chi connectivity index (χ0) is 23.5. The van der Waals surface area contributed by atoms with Crippen LogP contribution in [0.15, 0.2) is 48.7 Å². The third-order valence-electron chi connectivity index (χ3n) is 4.76. The van der Waals surface area contributed by atoms with Crippen molar-refractivity contribution in [1.29, 1.82) is 5.26 Å². The van der Waals surface area contributed by atoms with Gasteiger partial charge in [0.25, 0.3) is 0 Å². The number of nitrogens with zero attached hydrogens (tertiary/aromatic N) is 1. The number of phenols is 1. The van der Waals surface area contributed by atoms with Gasteiger partial charge in [0.2, 0.25) is 5.91 Å². The predicted molar refractivity (Wildman–Crippen MR) is 116 cm³/mol. The van der Waals surface area contributed by atoms with Gasteiger partial charge in [-0.1, -0.05) is 12.1 Å². The Bertz CT molecular complexity index is 1170. The molecule has 1 aromatic heterocycles. The highest BCUT2D eigenvalue weighted by atomic mass is 19.1. The average Bonchev–Trinajstić information content (AvgIpc) is 3.11. The molecule has 0 aliphatic heterocycles. The lowest BCUT2D eigenvalue weighted by Crippen LogP contribution is -2.46. The van der Waals surface area contributed by atoms with Gasteiger partial charge in [0.05, 0.1) is 6.07 Å². The summed E-state index contributed by atoms with van der Waals surface area (Å²) in [6.07, 6.45) is 1.60. The molecule has 0 fully saturated rings. The Morgan fingerprint density at radius 3 is 2.53 bits per heavy atom. The number of esters is 1. The number of rotatable bonds is 6. The van der Waals surface area contributed by atoms with E-state index in [4.69, 9.17) is 4.74 Å². The number of nitrogens with one attached hydrogen (secondary N) is 2. The Labute approximate surface area is 184 Å². The number of carbonyl (C=O) groups is 2. The number of halogens is 1. The highest BCUT2D eigenvalue weighted by Crippen LogP contribution is 2.26. The monoisotopic (exact) mass is 437 g/mol. The van der Waals surface area contributed by atoms with E-state index in [0.717, 1.165) is 0 Å². The van der Waals surface area contributed by atoms with Crippen molar-refractivity contribution in [2.45, 2.75) is 44.8 Å². The summed E-state index contributed by atoms with van der Waals surface area (Å²) in [5, 5.41) is 22.4. The van der Waals surface area contributed by atoms with Gasteiger partial charge in [0.15, 0.2) is 5.92 Å². The van der Waals surface area contributed by atoms with Gasteiger partial charge in [-0.15, -0.1) is 0 Å². The first-order valence-corrected chi connectivity index (χ1v) is 10.0. The van der Waals surface area contributed by atoms with Gasteiger partial charge in [-0.2, -0.15) is 5.26 Å². The predicted octanol–water partition coefficient (Wildman–Crippen LogP) is 3.69. The van der Waals surface area contributed by atoms with E-state index in [0.29, 0.717) is 22.0 Å². The molecule has 0 radical (unpaired) electrons. The second-order valence-electron chi connectivity index (χ2n) is 8.46. The van der Waals surface area contributed by atoms with Crippen LogP contribution in [-0.2, 0) is 20.7 Å². The fraction of sp³-hybridized carbons (Fsp3) is 0.292. The van der Waals surface area contributed by atoms with E-state index in [9.17, 15) is 24.3 Å². The fourth-order valence-electron chi connectivity index (χ4n) is 3.32. The number of fused-ring (bicyclic) bond motifs is 1. The molecule has 3 N–H and O–H groups in total. The highest BCUT2D eigenvalue weighted by Gasteiger charge is 2.31. The molecule has 0 bridgehead atoms. The number of phenolic OH excluding ortho intramolecular Hbond substituents is 1. The first kappa shape index (κ1) is 22.8. The van der Waals surface area contributed by atoms with Gasteiger partial charge in [-0.25, -0.2) is 9.18 Å². The summed E-state index contributed by atoms with van der Waals surface area (Å²) in [6, 6.07) is 11.2. The van der Waals surface area contributed by atoms with E-state index in [1.165, 1.54) is 36.5 Å². The number of nitriles is 1. The highest BCUT2D eigenvalue weighted by molar-refractivity contribution is 5.95. The van der Waals surface area contributed by atoms with Gasteiger partial charge < -0.3 is 20.1 Å².